The molecule has 2 aromatic heterocycles. The van der Waals surface area contributed by atoms with Crippen LogP contribution in [-0.4, -0.2) is 33.6 Å². The zero-order chi connectivity index (χ0) is 15.7. The number of nitrogens with one attached hydrogen (secondary N) is 1. The number of H-pyrrole nitrogens is 1. The van der Waals surface area contributed by atoms with E-state index in [0.29, 0.717) is 11.8 Å². The number of aromatic amines is 1. The maximum Gasteiger partial charge on any atom is 0.265 e. The summed E-state index contributed by atoms with van der Waals surface area (Å²) in [7, 11) is 0. The van der Waals surface area contributed by atoms with E-state index in [1.165, 1.54) is 0 Å². The van der Waals surface area contributed by atoms with Gasteiger partial charge in [-0.05, 0) is 18.9 Å². The Hall–Kier alpha value is -2.47. The number of ether oxygens (including phenoxy) is 1. The summed E-state index contributed by atoms with van der Waals surface area (Å²) in [6.07, 6.45) is 1.79. The second kappa shape index (κ2) is 5.62. The van der Waals surface area contributed by atoms with Crippen molar-refractivity contribution in [1.82, 2.24) is 20.4 Å². The number of nitrogens with zero attached hydrogens (tertiary/aromatic N) is 3. The third-order valence-electron chi connectivity index (χ3n) is 4.42. The summed E-state index contributed by atoms with van der Waals surface area (Å²) in [6, 6.07) is 11.9. The number of hydrogen-bond acceptors (Lipinski definition) is 5. The zero-order valence-corrected chi connectivity index (χ0v) is 13.0. The molecule has 4 rings (SSSR count). The maximum atomic E-state index is 5.91. The van der Waals surface area contributed by atoms with Crippen LogP contribution in [0.2, 0.25) is 0 Å². The van der Waals surface area contributed by atoms with E-state index < -0.39 is 0 Å². The molecule has 0 amide bonds. The normalized spacial score (nSPS) is 17.3. The van der Waals surface area contributed by atoms with Gasteiger partial charge in [0.15, 0.2) is 0 Å². The smallest absolute Gasteiger partial charge is 0.265 e. The molecule has 3 heterocycles. The van der Waals surface area contributed by atoms with E-state index in [0.717, 1.165) is 43.0 Å². The van der Waals surface area contributed by atoms with Gasteiger partial charge in [-0.3, -0.25) is 5.10 Å². The highest BCUT2D eigenvalue weighted by Gasteiger charge is 2.35. The van der Waals surface area contributed by atoms with E-state index in [2.05, 4.69) is 27.3 Å². The van der Waals surface area contributed by atoms with Gasteiger partial charge in [-0.15, -0.1) is 10.2 Å². The van der Waals surface area contributed by atoms with Crippen LogP contribution in [0.5, 0.6) is 0 Å². The molecule has 3 aromatic rings. The third-order valence-corrected chi connectivity index (χ3v) is 4.42. The van der Waals surface area contributed by atoms with Crippen molar-refractivity contribution < 1.29 is 9.15 Å². The Labute approximate surface area is 133 Å². The summed E-state index contributed by atoms with van der Waals surface area (Å²) in [5, 5.41) is 15.7. The van der Waals surface area contributed by atoms with Gasteiger partial charge >= 0.3 is 0 Å². The van der Waals surface area contributed by atoms with Crippen molar-refractivity contribution in [2.24, 2.45) is 0 Å². The minimum atomic E-state index is -0.105. The largest absolute Gasteiger partial charge is 0.419 e. The second-order valence-corrected chi connectivity index (χ2v) is 6.12. The Morgan fingerprint density at radius 2 is 1.87 bits per heavy atom. The molecule has 118 valence electrons. The van der Waals surface area contributed by atoms with Crippen LogP contribution in [-0.2, 0) is 10.2 Å². The lowest BCUT2D eigenvalue weighted by Gasteiger charge is -2.29. The van der Waals surface area contributed by atoms with Crippen molar-refractivity contribution in [3.05, 3.63) is 42.3 Å². The van der Waals surface area contributed by atoms with Gasteiger partial charge in [0.05, 0.1) is 11.1 Å². The first-order valence-electron chi connectivity index (χ1n) is 7.78. The first-order chi connectivity index (χ1) is 11.2. The van der Waals surface area contributed by atoms with E-state index >= 15 is 0 Å². The molecule has 0 unspecified atom stereocenters. The molecule has 1 saturated heterocycles. The van der Waals surface area contributed by atoms with Crippen molar-refractivity contribution in [2.75, 3.05) is 13.2 Å². The molecule has 23 heavy (non-hydrogen) atoms. The summed E-state index contributed by atoms with van der Waals surface area (Å²) >= 11 is 0. The van der Waals surface area contributed by atoms with Crippen molar-refractivity contribution in [3.8, 4) is 22.8 Å². The molecule has 0 radical (unpaired) electrons. The first kappa shape index (κ1) is 14.1. The Kier molecular flexibility index (Phi) is 3.46. The SMILES string of the molecule is CC1(c2nnc(-c3cc(-c4ccccc4)n[nH]3)o2)CCOCC1. The molecule has 1 N–H and O–H groups in total. The molecule has 0 atom stereocenters. The van der Waals surface area contributed by atoms with E-state index in [4.69, 9.17) is 9.15 Å². The number of aromatic nitrogens is 4. The van der Waals surface area contributed by atoms with Gasteiger partial charge in [0.2, 0.25) is 5.89 Å². The molecule has 6 heteroatoms. The molecule has 1 aromatic carbocycles. The van der Waals surface area contributed by atoms with Crippen LogP contribution < -0.4 is 0 Å². The highest BCUT2D eigenvalue weighted by atomic mass is 16.5. The Bertz CT molecular complexity index is 788. The summed E-state index contributed by atoms with van der Waals surface area (Å²) in [6.45, 7) is 3.61. The van der Waals surface area contributed by atoms with E-state index in [9.17, 15) is 0 Å². The Morgan fingerprint density at radius 1 is 1.09 bits per heavy atom. The predicted molar refractivity (Wildman–Crippen MR) is 84.7 cm³/mol. The average Bonchev–Trinajstić information content (AvgIpc) is 3.26. The summed E-state index contributed by atoms with van der Waals surface area (Å²) in [5.74, 6) is 1.15. The Balaban J connectivity index is 1.61. The number of hydrogen-bond donors (Lipinski definition) is 1. The first-order valence-corrected chi connectivity index (χ1v) is 7.78. The van der Waals surface area contributed by atoms with Gasteiger partial charge in [-0.1, -0.05) is 37.3 Å². The van der Waals surface area contributed by atoms with Gasteiger partial charge < -0.3 is 9.15 Å². The molecule has 0 saturated carbocycles. The highest BCUT2D eigenvalue weighted by molar-refractivity contribution is 5.64. The summed E-state index contributed by atoms with van der Waals surface area (Å²) in [4.78, 5) is 0. The van der Waals surface area contributed by atoms with E-state index in [1.807, 2.05) is 36.4 Å². The Morgan fingerprint density at radius 3 is 2.65 bits per heavy atom. The van der Waals surface area contributed by atoms with Crippen molar-refractivity contribution >= 4 is 0 Å². The fraction of sp³-hybridized carbons (Fsp3) is 0.353. The maximum absolute atomic E-state index is 5.91. The van der Waals surface area contributed by atoms with Crippen LogP contribution in [0.15, 0.2) is 40.8 Å². The molecule has 0 bridgehead atoms. The van der Waals surface area contributed by atoms with Crippen molar-refractivity contribution in [3.63, 3.8) is 0 Å². The highest BCUT2D eigenvalue weighted by Crippen LogP contribution is 2.34. The van der Waals surface area contributed by atoms with Crippen molar-refractivity contribution in [2.45, 2.75) is 25.2 Å². The van der Waals surface area contributed by atoms with Gasteiger partial charge in [0.25, 0.3) is 5.89 Å². The monoisotopic (exact) mass is 310 g/mol. The molecule has 1 aliphatic rings. The van der Waals surface area contributed by atoms with E-state index in [-0.39, 0.29) is 5.41 Å². The van der Waals surface area contributed by atoms with E-state index in [1.54, 1.807) is 0 Å². The molecule has 1 fully saturated rings. The minimum Gasteiger partial charge on any atom is -0.419 e. The predicted octanol–water partition coefficient (Wildman–Crippen LogP) is 3.19. The van der Waals surface area contributed by atoms with Crippen LogP contribution in [0.3, 0.4) is 0 Å². The fourth-order valence-electron chi connectivity index (χ4n) is 2.80. The van der Waals surface area contributed by atoms with Crippen LogP contribution in [0.4, 0.5) is 0 Å². The van der Waals surface area contributed by atoms with Crippen LogP contribution >= 0.6 is 0 Å². The second-order valence-electron chi connectivity index (χ2n) is 6.12. The van der Waals surface area contributed by atoms with Crippen LogP contribution in [0, 0.1) is 0 Å². The summed E-state index contributed by atoms with van der Waals surface area (Å²) in [5.41, 5.74) is 2.54. The topological polar surface area (TPSA) is 76.8 Å². The van der Waals surface area contributed by atoms with Gasteiger partial charge in [0.1, 0.15) is 5.69 Å². The van der Waals surface area contributed by atoms with Gasteiger partial charge in [-0.2, -0.15) is 5.10 Å². The molecule has 1 aliphatic heterocycles. The average molecular weight is 310 g/mol. The lowest BCUT2D eigenvalue weighted by Crippen LogP contribution is -2.30. The number of rotatable bonds is 3. The lowest BCUT2D eigenvalue weighted by atomic mass is 9.82. The van der Waals surface area contributed by atoms with Gasteiger partial charge in [0, 0.05) is 18.8 Å². The lowest BCUT2D eigenvalue weighted by molar-refractivity contribution is 0.0471. The molecular weight excluding hydrogens is 292 g/mol. The molecule has 0 spiro atoms. The summed E-state index contributed by atoms with van der Waals surface area (Å²) < 4.78 is 11.3. The van der Waals surface area contributed by atoms with Crippen molar-refractivity contribution in [1.29, 1.82) is 0 Å². The zero-order valence-electron chi connectivity index (χ0n) is 13.0. The quantitative estimate of drug-likeness (QED) is 0.804. The third kappa shape index (κ3) is 2.66. The van der Waals surface area contributed by atoms with Gasteiger partial charge in [-0.25, -0.2) is 0 Å². The van der Waals surface area contributed by atoms with Crippen LogP contribution in [0.1, 0.15) is 25.7 Å². The number of benzene rings is 1. The minimum absolute atomic E-state index is 0.105. The standard InChI is InChI=1S/C17H18N4O2/c1-17(7-9-22-10-8-17)16-21-20-15(23-16)14-11-13(18-19-14)12-5-3-2-4-6-12/h2-6,11H,7-10H2,1H3,(H,18,19). The molecular formula is C17H18N4O2. The fourth-order valence-corrected chi connectivity index (χ4v) is 2.80. The molecule has 0 aliphatic carbocycles. The molecule has 6 nitrogen and oxygen atoms in total. The van der Waals surface area contributed by atoms with Crippen LogP contribution in [0.25, 0.3) is 22.8 Å².